The number of nitrogens with one attached hydrogen (secondary N) is 2. The number of fused-ring (bicyclic) bond motifs is 1. The number of carbonyl (C=O) groups excluding carboxylic acids is 3. The first kappa shape index (κ1) is 18.5. The summed E-state index contributed by atoms with van der Waals surface area (Å²) in [7, 11) is 1.29. The summed E-state index contributed by atoms with van der Waals surface area (Å²) in [6, 6.07) is 7.19. The fourth-order valence-corrected chi connectivity index (χ4v) is 2.42. The standard InChI is InChI=1S/C18H23N3O4/c1-4-12(2)19-16(22)11-21-15-8-6-5-7-14(15)20-13(9-17(21)23)10-18(24)25-3/h5-9,12,20H,4,10-11H2,1-3H3,(H,19,22)/t12-/m1/s1. The van der Waals surface area contributed by atoms with E-state index in [1.54, 1.807) is 18.2 Å². The Kier molecular flexibility index (Phi) is 6.16. The maximum atomic E-state index is 12.6. The predicted octanol–water partition coefficient (Wildman–Crippen LogP) is 1.81. The number of hydrogen-bond acceptors (Lipinski definition) is 5. The molecule has 2 rings (SSSR count). The van der Waals surface area contributed by atoms with Crippen molar-refractivity contribution in [2.75, 3.05) is 23.9 Å². The van der Waals surface area contributed by atoms with Crippen LogP contribution >= 0.6 is 0 Å². The molecule has 0 spiro atoms. The number of para-hydroxylation sites is 2. The number of ether oxygens (including phenoxy) is 1. The van der Waals surface area contributed by atoms with E-state index in [-0.39, 0.29) is 30.8 Å². The van der Waals surface area contributed by atoms with Gasteiger partial charge in [-0.2, -0.15) is 0 Å². The van der Waals surface area contributed by atoms with E-state index in [1.165, 1.54) is 18.1 Å². The molecule has 0 aliphatic carbocycles. The molecular formula is C18H23N3O4. The van der Waals surface area contributed by atoms with Crippen LogP contribution in [0.5, 0.6) is 0 Å². The van der Waals surface area contributed by atoms with Gasteiger partial charge in [-0.15, -0.1) is 0 Å². The van der Waals surface area contributed by atoms with Crippen LogP contribution in [0.1, 0.15) is 26.7 Å². The van der Waals surface area contributed by atoms with Crippen LogP contribution in [0.4, 0.5) is 11.4 Å². The fourth-order valence-electron chi connectivity index (χ4n) is 2.42. The number of methoxy groups -OCH3 is 1. The van der Waals surface area contributed by atoms with Gasteiger partial charge in [0, 0.05) is 17.8 Å². The Morgan fingerprint density at radius 3 is 2.72 bits per heavy atom. The zero-order chi connectivity index (χ0) is 18.4. The summed E-state index contributed by atoms with van der Waals surface area (Å²) >= 11 is 0. The van der Waals surface area contributed by atoms with Crippen molar-refractivity contribution in [2.45, 2.75) is 32.7 Å². The van der Waals surface area contributed by atoms with E-state index in [0.29, 0.717) is 17.1 Å². The summed E-state index contributed by atoms with van der Waals surface area (Å²) in [5, 5.41) is 5.93. The van der Waals surface area contributed by atoms with Crippen molar-refractivity contribution in [1.82, 2.24) is 5.32 Å². The average molecular weight is 345 g/mol. The Bertz CT molecular complexity index is 699. The topological polar surface area (TPSA) is 87.7 Å². The van der Waals surface area contributed by atoms with Gasteiger partial charge in [-0.05, 0) is 25.5 Å². The Morgan fingerprint density at radius 2 is 2.04 bits per heavy atom. The lowest BCUT2D eigenvalue weighted by Crippen LogP contribution is -2.43. The third-order valence-corrected chi connectivity index (χ3v) is 3.94. The quantitative estimate of drug-likeness (QED) is 0.768. The van der Waals surface area contributed by atoms with Crippen LogP contribution in [-0.4, -0.2) is 37.5 Å². The van der Waals surface area contributed by atoms with Gasteiger partial charge in [-0.1, -0.05) is 19.1 Å². The third kappa shape index (κ3) is 4.82. The SMILES string of the molecule is CC[C@@H](C)NC(=O)CN1C(=O)C=C(CC(=O)OC)Nc2ccccc21. The van der Waals surface area contributed by atoms with Gasteiger partial charge in [0.25, 0.3) is 5.91 Å². The molecule has 0 bridgehead atoms. The Labute approximate surface area is 147 Å². The largest absolute Gasteiger partial charge is 0.469 e. The van der Waals surface area contributed by atoms with Gasteiger partial charge in [0.05, 0.1) is 24.9 Å². The van der Waals surface area contributed by atoms with Crippen molar-refractivity contribution in [3.8, 4) is 0 Å². The smallest absolute Gasteiger partial charge is 0.311 e. The summed E-state index contributed by atoms with van der Waals surface area (Å²) in [5.74, 6) is -1.05. The number of hydrogen-bond donors (Lipinski definition) is 2. The molecule has 0 radical (unpaired) electrons. The van der Waals surface area contributed by atoms with Crippen molar-refractivity contribution in [1.29, 1.82) is 0 Å². The van der Waals surface area contributed by atoms with Crippen LogP contribution in [0.15, 0.2) is 36.0 Å². The molecule has 1 aromatic carbocycles. The second-order valence-electron chi connectivity index (χ2n) is 5.87. The zero-order valence-corrected chi connectivity index (χ0v) is 14.7. The molecule has 1 aliphatic rings. The molecule has 25 heavy (non-hydrogen) atoms. The Hall–Kier alpha value is -2.83. The zero-order valence-electron chi connectivity index (χ0n) is 14.7. The van der Waals surface area contributed by atoms with E-state index in [1.807, 2.05) is 19.9 Å². The fraction of sp³-hybridized carbons (Fsp3) is 0.389. The highest BCUT2D eigenvalue weighted by Gasteiger charge is 2.25. The van der Waals surface area contributed by atoms with Crippen LogP contribution in [0.2, 0.25) is 0 Å². The van der Waals surface area contributed by atoms with Gasteiger partial charge in [-0.25, -0.2) is 0 Å². The number of carbonyl (C=O) groups is 3. The van der Waals surface area contributed by atoms with Crippen molar-refractivity contribution in [2.24, 2.45) is 0 Å². The van der Waals surface area contributed by atoms with E-state index >= 15 is 0 Å². The first-order valence-electron chi connectivity index (χ1n) is 8.18. The number of rotatable bonds is 6. The monoisotopic (exact) mass is 345 g/mol. The summed E-state index contributed by atoms with van der Waals surface area (Å²) in [5.41, 5.74) is 1.66. The summed E-state index contributed by atoms with van der Waals surface area (Å²) in [6.45, 7) is 3.79. The molecule has 7 heteroatoms. The number of esters is 1. The molecular weight excluding hydrogens is 322 g/mol. The number of benzene rings is 1. The van der Waals surface area contributed by atoms with Crippen LogP contribution < -0.4 is 15.5 Å². The lowest BCUT2D eigenvalue weighted by molar-refractivity contribution is -0.139. The molecule has 1 heterocycles. The molecule has 134 valence electrons. The van der Waals surface area contributed by atoms with E-state index < -0.39 is 5.97 Å². The maximum absolute atomic E-state index is 12.6. The molecule has 0 unspecified atom stereocenters. The first-order chi connectivity index (χ1) is 11.9. The van der Waals surface area contributed by atoms with E-state index in [9.17, 15) is 14.4 Å². The predicted molar refractivity (Wildman–Crippen MR) is 95.0 cm³/mol. The van der Waals surface area contributed by atoms with Crippen molar-refractivity contribution in [3.63, 3.8) is 0 Å². The molecule has 2 amide bonds. The molecule has 7 nitrogen and oxygen atoms in total. The van der Waals surface area contributed by atoms with Gasteiger partial charge in [0.15, 0.2) is 0 Å². The van der Waals surface area contributed by atoms with Crippen molar-refractivity contribution >= 4 is 29.2 Å². The van der Waals surface area contributed by atoms with E-state index in [0.717, 1.165) is 6.42 Å². The van der Waals surface area contributed by atoms with Crippen molar-refractivity contribution in [3.05, 3.63) is 36.0 Å². The summed E-state index contributed by atoms with van der Waals surface area (Å²) in [4.78, 5) is 37.8. The summed E-state index contributed by atoms with van der Waals surface area (Å²) < 4.78 is 4.66. The maximum Gasteiger partial charge on any atom is 0.311 e. The number of amides is 2. The molecule has 0 saturated carbocycles. The Morgan fingerprint density at radius 1 is 1.32 bits per heavy atom. The number of anilines is 2. The average Bonchev–Trinajstić information content (AvgIpc) is 2.71. The normalized spacial score (nSPS) is 14.6. The lowest BCUT2D eigenvalue weighted by Gasteiger charge is -2.22. The molecule has 1 atom stereocenters. The van der Waals surface area contributed by atoms with Gasteiger partial charge in [0.2, 0.25) is 5.91 Å². The summed E-state index contributed by atoms with van der Waals surface area (Å²) in [6.07, 6.45) is 2.08. The van der Waals surface area contributed by atoms with E-state index in [4.69, 9.17) is 0 Å². The molecule has 1 aliphatic heterocycles. The van der Waals surface area contributed by atoms with E-state index in [2.05, 4.69) is 15.4 Å². The molecule has 0 aromatic heterocycles. The Balaban J connectivity index is 2.27. The molecule has 1 aromatic rings. The minimum Gasteiger partial charge on any atom is -0.469 e. The van der Waals surface area contributed by atoms with Gasteiger partial charge < -0.3 is 15.4 Å². The van der Waals surface area contributed by atoms with Crippen LogP contribution in [-0.2, 0) is 19.1 Å². The van der Waals surface area contributed by atoms with Crippen LogP contribution in [0.25, 0.3) is 0 Å². The second kappa shape index (κ2) is 8.32. The molecule has 0 saturated heterocycles. The van der Waals surface area contributed by atoms with Crippen LogP contribution in [0.3, 0.4) is 0 Å². The van der Waals surface area contributed by atoms with Crippen molar-refractivity contribution < 1.29 is 19.1 Å². The number of nitrogens with zero attached hydrogens (tertiary/aromatic N) is 1. The highest BCUT2D eigenvalue weighted by molar-refractivity contribution is 6.09. The first-order valence-corrected chi connectivity index (χ1v) is 8.18. The molecule has 0 fully saturated rings. The van der Waals surface area contributed by atoms with Crippen LogP contribution in [0, 0.1) is 0 Å². The highest BCUT2D eigenvalue weighted by atomic mass is 16.5. The highest BCUT2D eigenvalue weighted by Crippen LogP contribution is 2.30. The minimum absolute atomic E-state index is 0.0355. The third-order valence-electron chi connectivity index (χ3n) is 3.94. The van der Waals surface area contributed by atoms with Gasteiger partial charge in [0.1, 0.15) is 6.54 Å². The molecule has 2 N–H and O–H groups in total. The van der Waals surface area contributed by atoms with Gasteiger partial charge >= 0.3 is 5.97 Å². The second-order valence-corrected chi connectivity index (χ2v) is 5.87. The van der Waals surface area contributed by atoms with Gasteiger partial charge in [-0.3, -0.25) is 19.3 Å². The minimum atomic E-state index is -0.452. The lowest BCUT2D eigenvalue weighted by atomic mass is 10.2.